The van der Waals surface area contributed by atoms with Crippen molar-refractivity contribution in [3.05, 3.63) is 42.0 Å². The average molecular weight is 355 g/mol. The van der Waals surface area contributed by atoms with Gasteiger partial charge in [0.15, 0.2) is 0 Å². The second kappa shape index (κ2) is 8.81. The standard InChI is InChI=1S/C21H25NO4/c1-2-10-25-21-5-3-4-19(22-21)16-7-9-20-17(12-16)6-8-18(26-20)11-15(13-23)14-24/h3-5,7,9,12-13,15,18,24H,2,6,8,10-11,14H2,1H3. The highest BCUT2D eigenvalue weighted by molar-refractivity contribution is 5.63. The molecule has 5 heteroatoms. The van der Waals surface area contributed by atoms with Gasteiger partial charge in [0, 0.05) is 17.5 Å². The van der Waals surface area contributed by atoms with Crippen molar-refractivity contribution in [1.29, 1.82) is 0 Å². The first-order chi connectivity index (χ1) is 12.7. The van der Waals surface area contributed by atoms with Crippen LogP contribution < -0.4 is 9.47 Å². The van der Waals surface area contributed by atoms with Crippen LogP contribution in [0.5, 0.6) is 11.6 Å². The van der Waals surface area contributed by atoms with Crippen LogP contribution in [0.4, 0.5) is 0 Å². The van der Waals surface area contributed by atoms with Gasteiger partial charge in [-0.05, 0) is 55.5 Å². The number of hydrogen-bond donors (Lipinski definition) is 1. The van der Waals surface area contributed by atoms with Crippen LogP contribution in [-0.4, -0.2) is 35.7 Å². The van der Waals surface area contributed by atoms with Gasteiger partial charge in [0.25, 0.3) is 0 Å². The van der Waals surface area contributed by atoms with E-state index < -0.39 is 0 Å². The number of aliphatic hydroxyl groups is 1. The molecule has 0 fully saturated rings. The molecule has 26 heavy (non-hydrogen) atoms. The Hall–Kier alpha value is -2.40. The van der Waals surface area contributed by atoms with Crippen LogP contribution in [0.1, 0.15) is 31.7 Å². The predicted molar refractivity (Wildman–Crippen MR) is 99.5 cm³/mol. The summed E-state index contributed by atoms with van der Waals surface area (Å²) in [5.74, 6) is 1.14. The third-order valence-electron chi connectivity index (χ3n) is 4.56. The topological polar surface area (TPSA) is 68.7 Å². The van der Waals surface area contributed by atoms with E-state index in [2.05, 4.69) is 18.0 Å². The van der Waals surface area contributed by atoms with Gasteiger partial charge in [-0.3, -0.25) is 0 Å². The van der Waals surface area contributed by atoms with Crippen molar-refractivity contribution in [3.8, 4) is 22.9 Å². The van der Waals surface area contributed by atoms with E-state index >= 15 is 0 Å². The number of aldehydes is 1. The molecule has 2 unspecified atom stereocenters. The quantitative estimate of drug-likeness (QED) is 0.735. The third-order valence-corrected chi connectivity index (χ3v) is 4.56. The van der Waals surface area contributed by atoms with Gasteiger partial charge in [-0.25, -0.2) is 4.98 Å². The molecule has 0 saturated heterocycles. The van der Waals surface area contributed by atoms with E-state index in [-0.39, 0.29) is 18.6 Å². The Bertz CT molecular complexity index is 747. The van der Waals surface area contributed by atoms with Gasteiger partial charge >= 0.3 is 0 Å². The van der Waals surface area contributed by atoms with Gasteiger partial charge in [-0.1, -0.05) is 13.0 Å². The highest BCUT2D eigenvalue weighted by Crippen LogP contribution is 2.33. The number of aliphatic hydroxyl groups excluding tert-OH is 1. The Morgan fingerprint density at radius 2 is 2.27 bits per heavy atom. The number of aryl methyl sites for hydroxylation is 1. The summed E-state index contributed by atoms with van der Waals surface area (Å²) in [6.45, 7) is 2.60. The van der Waals surface area contributed by atoms with Crippen LogP contribution in [0.3, 0.4) is 0 Å². The maximum atomic E-state index is 10.9. The lowest BCUT2D eigenvalue weighted by atomic mass is 9.94. The molecular formula is C21H25NO4. The molecule has 1 aliphatic rings. The molecule has 1 aromatic heterocycles. The van der Waals surface area contributed by atoms with Crippen molar-refractivity contribution in [3.63, 3.8) is 0 Å². The van der Waals surface area contributed by atoms with Crippen molar-refractivity contribution in [1.82, 2.24) is 4.98 Å². The molecule has 3 rings (SSSR count). The summed E-state index contributed by atoms with van der Waals surface area (Å²) in [4.78, 5) is 15.5. The number of ether oxygens (including phenoxy) is 2. The number of carbonyl (C=O) groups excluding carboxylic acids is 1. The van der Waals surface area contributed by atoms with Crippen molar-refractivity contribution >= 4 is 6.29 Å². The van der Waals surface area contributed by atoms with Crippen molar-refractivity contribution in [2.75, 3.05) is 13.2 Å². The molecule has 0 radical (unpaired) electrons. The number of hydrogen-bond acceptors (Lipinski definition) is 5. The number of fused-ring (bicyclic) bond motifs is 1. The highest BCUT2D eigenvalue weighted by Gasteiger charge is 2.23. The summed E-state index contributed by atoms with van der Waals surface area (Å²) < 4.78 is 11.6. The molecule has 0 spiro atoms. The lowest BCUT2D eigenvalue weighted by Crippen LogP contribution is -2.27. The zero-order chi connectivity index (χ0) is 18.4. The van der Waals surface area contributed by atoms with E-state index in [1.54, 1.807) is 0 Å². The monoisotopic (exact) mass is 355 g/mol. The largest absolute Gasteiger partial charge is 0.490 e. The second-order valence-electron chi connectivity index (χ2n) is 6.63. The van der Waals surface area contributed by atoms with Crippen LogP contribution in [0.15, 0.2) is 36.4 Å². The molecule has 0 aliphatic carbocycles. The van der Waals surface area contributed by atoms with Gasteiger partial charge in [0.2, 0.25) is 5.88 Å². The van der Waals surface area contributed by atoms with Crippen LogP contribution in [-0.2, 0) is 11.2 Å². The Morgan fingerprint density at radius 1 is 1.38 bits per heavy atom. The molecule has 2 atom stereocenters. The summed E-state index contributed by atoms with van der Waals surface area (Å²) in [6, 6.07) is 11.9. The van der Waals surface area contributed by atoms with E-state index in [9.17, 15) is 9.90 Å². The molecule has 138 valence electrons. The molecule has 0 amide bonds. The molecule has 0 saturated carbocycles. The van der Waals surface area contributed by atoms with Gasteiger partial charge in [0.1, 0.15) is 12.0 Å². The van der Waals surface area contributed by atoms with Crippen molar-refractivity contribution in [2.24, 2.45) is 5.92 Å². The fraction of sp³-hybridized carbons (Fsp3) is 0.429. The van der Waals surface area contributed by atoms with E-state index in [0.29, 0.717) is 18.9 Å². The Morgan fingerprint density at radius 3 is 3.04 bits per heavy atom. The van der Waals surface area contributed by atoms with Crippen LogP contribution in [0, 0.1) is 5.92 Å². The molecule has 2 heterocycles. The molecule has 0 bridgehead atoms. The summed E-state index contributed by atoms with van der Waals surface area (Å²) in [6.07, 6.45) is 4.01. The molecule has 2 aromatic rings. The normalized spacial score (nSPS) is 17.1. The lowest BCUT2D eigenvalue weighted by Gasteiger charge is -2.27. The third kappa shape index (κ3) is 4.41. The first kappa shape index (κ1) is 18.4. The lowest BCUT2D eigenvalue weighted by molar-refractivity contribution is -0.113. The maximum Gasteiger partial charge on any atom is 0.213 e. The zero-order valence-electron chi connectivity index (χ0n) is 15.1. The van der Waals surface area contributed by atoms with Crippen LogP contribution in [0.25, 0.3) is 11.3 Å². The first-order valence-electron chi connectivity index (χ1n) is 9.19. The zero-order valence-corrected chi connectivity index (χ0v) is 15.1. The smallest absolute Gasteiger partial charge is 0.213 e. The highest BCUT2D eigenvalue weighted by atomic mass is 16.5. The summed E-state index contributed by atoms with van der Waals surface area (Å²) in [7, 11) is 0. The minimum absolute atomic E-state index is 0.0282. The number of pyridine rings is 1. The molecular weight excluding hydrogens is 330 g/mol. The molecule has 1 aliphatic heterocycles. The van der Waals surface area contributed by atoms with Gasteiger partial charge in [0.05, 0.1) is 25.0 Å². The number of rotatable bonds is 8. The van der Waals surface area contributed by atoms with Crippen LogP contribution in [0.2, 0.25) is 0 Å². The number of nitrogens with zero attached hydrogens (tertiary/aromatic N) is 1. The van der Waals surface area contributed by atoms with Gasteiger partial charge < -0.3 is 19.4 Å². The fourth-order valence-corrected chi connectivity index (χ4v) is 3.14. The van der Waals surface area contributed by atoms with Gasteiger partial charge in [-0.15, -0.1) is 0 Å². The van der Waals surface area contributed by atoms with Crippen molar-refractivity contribution < 1.29 is 19.4 Å². The summed E-state index contributed by atoms with van der Waals surface area (Å²) in [5, 5.41) is 9.19. The molecule has 5 nitrogen and oxygen atoms in total. The van der Waals surface area contributed by atoms with Crippen molar-refractivity contribution in [2.45, 2.75) is 38.7 Å². The summed E-state index contributed by atoms with van der Waals surface area (Å²) in [5.41, 5.74) is 3.06. The van der Waals surface area contributed by atoms with Gasteiger partial charge in [-0.2, -0.15) is 0 Å². The second-order valence-corrected chi connectivity index (χ2v) is 6.63. The summed E-state index contributed by atoms with van der Waals surface area (Å²) >= 11 is 0. The number of benzene rings is 1. The van der Waals surface area contributed by atoms with E-state index in [4.69, 9.17) is 9.47 Å². The number of carbonyl (C=O) groups is 1. The average Bonchev–Trinajstić information content (AvgIpc) is 2.70. The molecule has 1 N–H and O–H groups in total. The minimum Gasteiger partial charge on any atom is -0.490 e. The number of aromatic nitrogens is 1. The Kier molecular flexibility index (Phi) is 6.23. The Labute approximate surface area is 154 Å². The predicted octanol–water partition coefficient (Wildman–Crippen LogP) is 3.43. The maximum absolute atomic E-state index is 10.9. The van der Waals surface area contributed by atoms with E-state index in [0.717, 1.165) is 48.1 Å². The minimum atomic E-state index is -0.351. The van der Waals surface area contributed by atoms with Crippen LogP contribution >= 0.6 is 0 Å². The first-order valence-corrected chi connectivity index (χ1v) is 9.19. The SMILES string of the molecule is CCCOc1cccc(-c2ccc3c(c2)CCC(CC(C=O)CO)O3)n1. The molecule has 1 aromatic carbocycles. The van der Waals surface area contributed by atoms with E-state index in [1.165, 1.54) is 0 Å². The Balaban J connectivity index is 1.73. The fourth-order valence-electron chi connectivity index (χ4n) is 3.14. The van der Waals surface area contributed by atoms with E-state index in [1.807, 2.05) is 30.3 Å².